The van der Waals surface area contributed by atoms with E-state index in [1.54, 1.807) is 12.3 Å². The smallest absolute Gasteiger partial charge is 0.162 e. The summed E-state index contributed by atoms with van der Waals surface area (Å²) in [5.74, 6) is 0.337. The Balaban J connectivity index is 0.000000427. The average Bonchev–Trinajstić information content (AvgIpc) is 3.00. The van der Waals surface area contributed by atoms with Gasteiger partial charge in [0.2, 0.25) is 0 Å². The zero-order chi connectivity index (χ0) is 35.3. The van der Waals surface area contributed by atoms with Crippen molar-refractivity contribution in [3.8, 4) is 11.3 Å². The minimum Gasteiger partial charge on any atom is -0.512 e. The van der Waals surface area contributed by atoms with E-state index in [2.05, 4.69) is 11.1 Å². The Morgan fingerprint density at radius 3 is 2.26 bits per heavy atom. The monoisotopic (exact) mass is 753 g/mol. The van der Waals surface area contributed by atoms with Gasteiger partial charge in [-0.25, -0.2) is 4.39 Å². The Morgan fingerprint density at radius 1 is 0.976 bits per heavy atom. The SMILES string of the molecule is CCC(CC)C(=O)/C=C(\O)C(CC)CC.[2H]C([2H])([2H])c1[c-]c(-c2nccc3cc(C(C)C)c4cc(F)ccc4c23)cc(C([2H])([2H])[2H])c1.[Ir]. The molecule has 227 valence electrons. The average molecular weight is 753 g/mol. The zero-order valence-corrected chi connectivity index (χ0v) is 27.7. The number of aliphatic hydroxyl groups is 1. The number of rotatable bonds is 9. The fourth-order valence-corrected chi connectivity index (χ4v) is 5.26. The van der Waals surface area contributed by atoms with Crippen molar-refractivity contribution in [2.75, 3.05) is 0 Å². The number of aryl methyl sites for hydroxylation is 2. The third-order valence-electron chi connectivity index (χ3n) is 7.68. The summed E-state index contributed by atoms with van der Waals surface area (Å²) in [6.45, 7) is 7.11. The van der Waals surface area contributed by atoms with Crippen LogP contribution in [-0.2, 0) is 24.9 Å². The van der Waals surface area contributed by atoms with Crippen molar-refractivity contribution in [1.82, 2.24) is 4.98 Å². The van der Waals surface area contributed by atoms with Gasteiger partial charge in [0, 0.05) is 52.4 Å². The number of benzene rings is 3. The minimum absolute atomic E-state index is 0. The van der Waals surface area contributed by atoms with Crippen LogP contribution in [0.25, 0.3) is 32.8 Å². The van der Waals surface area contributed by atoms with Gasteiger partial charge in [0.1, 0.15) is 5.82 Å². The van der Waals surface area contributed by atoms with Gasteiger partial charge in [0.05, 0.1) is 5.76 Å². The Morgan fingerprint density at radius 2 is 1.67 bits per heavy atom. The van der Waals surface area contributed by atoms with E-state index in [1.807, 2.05) is 53.7 Å². The van der Waals surface area contributed by atoms with E-state index < -0.39 is 13.7 Å². The van der Waals surface area contributed by atoms with E-state index in [1.165, 1.54) is 24.3 Å². The first-order valence-corrected chi connectivity index (χ1v) is 14.5. The van der Waals surface area contributed by atoms with Crippen LogP contribution in [0.2, 0.25) is 0 Å². The molecule has 3 nitrogen and oxygen atoms in total. The zero-order valence-electron chi connectivity index (χ0n) is 31.3. The molecule has 1 aromatic heterocycles. The second-order valence-corrected chi connectivity index (χ2v) is 10.8. The third kappa shape index (κ3) is 8.36. The molecule has 1 heterocycles. The van der Waals surface area contributed by atoms with E-state index in [-0.39, 0.29) is 71.9 Å². The van der Waals surface area contributed by atoms with Crippen molar-refractivity contribution < 1.29 is 42.6 Å². The van der Waals surface area contributed by atoms with Crippen LogP contribution in [0, 0.1) is 37.4 Å². The molecule has 1 N–H and O–H groups in total. The molecule has 3 aromatic carbocycles. The maximum absolute atomic E-state index is 14.1. The van der Waals surface area contributed by atoms with Crippen molar-refractivity contribution >= 4 is 27.3 Å². The summed E-state index contributed by atoms with van der Waals surface area (Å²) in [6.07, 6.45) is 6.51. The molecule has 0 fully saturated rings. The van der Waals surface area contributed by atoms with Crippen LogP contribution in [-0.4, -0.2) is 15.9 Å². The van der Waals surface area contributed by atoms with E-state index in [4.69, 9.17) is 8.22 Å². The molecular formula is C37H45FIrNO2-. The molecule has 0 aliphatic rings. The van der Waals surface area contributed by atoms with Gasteiger partial charge in [0.25, 0.3) is 0 Å². The minimum atomic E-state index is -2.53. The molecular weight excluding hydrogens is 702 g/mol. The van der Waals surface area contributed by atoms with Crippen molar-refractivity contribution in [3.63, 3.8) is 0 Å². The summed E-state index contributed by atoms with van der Waals surface area (Å²) in [4.78, 5) is 16.2. The molecule has 0 spiro atoms. The molecule has 1 radical (unpaired) electrons. The van der Waals surface area contributed by atoms with Crippen molar-refractivity contribution in [3.05, 3.63) is 89.1 Å². The fourth-order valence-electron chi connectivity index (χ4n) is 5.26. The molecule has 0 aliphatic heterocycles. The second kappa shape index (κ2) is 16.1. The molecule has 0 saturated heterocycles. The number of halogens is 1. The van der Waals surface area contributed by atoms with Gasteiger partial charge in [-0.2, -0.15) is 0 Å². The Hall–Kier alpha value is -2.88. The second-order valence-electron chi connectivity index (χ2n) is 10.8. The molecule has 5 heteroatoms. The third-order valence-corrected chi connectivity index (χ3v) is 7.68. The van der Waals surface area contributed by atoms with Gasteiger partial charge in [0.15, 0.2) is 5.78 Å². The Kier molecular flexibility index (Phi) is 10.2. The number of carbonyl (C=O) groups excluding carboxylic acids is 1. The molecule has 0 amide bonds. The fraction of sp³-hybridized carbons (Fsp3) is 0.405. The summed E-state index contributed by atoms with van der Waals surface area (Å²) in [7, 11) is 0. The number of hydrogen-bond acceptors (Lipinski definition) is 3. The Labute approximate surface area is 273 Å². The summed E-state index contributed by atoms with van der Waals surface area (Å²) < 4.78 is 60.9. The van der Waals surface area contributed by atoms with Crippen LogP contribution >= 0.6 is 0 Å². The van der Waals surface area contributed by atoms with E-state index in [0.717, 1.165) is 53.5 Å². The number of fused-ring (bicyclic) bond motifs is 3. The quantitative estimate of drug-likeness (QED) is 0.0802. The van der Waals surface area contributed by atoms with Crippen molar-refractivity contribution in [2.24, 2.45) is 11.8 Å². The number of nitrogens with zero attached hydrogens (tertiary/aromatic N) is 1. The molecule has 4 rings (SSSR count). The number of carbonyl (C=O) groups is 1. The van der Waals surface area contributed by atoms with Crippen LogP contribution in [0.4, 0.5) is 4.39 Å². The molecule has 4 aromatic rings. The number of allylic oxidation sites excluding steroid dienone is 2. The maximum Gasteiger partial charge on any atom is 0.162 e. The van der Waals surface area contributed by atoms with Crippen molar-refractivity contribution in [2.45, 2.75) is 86.8 Å². The number of aliphatic hydroxyl groups excluding tert-OH is 1. The van der Waals surface area contributed by atoms with Gasteiger partial charge in [-0.1, -0.05) is 67.4 Å². The predicted molar refractivity (Wildman–Crippen MR) is 171 cm³/mol. The van der Waals surface area contributed by atoms with Crippen LogP contribution in [0.3, 0.4) is 0 Å². The summed E-state index contributed by atoms with van der Waals surface area (Å²) in [5, 5.41) is 12.8. The molecule has 0 atom stereocenters. The van der Waals surface area contributed by atoms with Crippen LogP contribution < -0.4 is 0 Å². The number of hydrogen-bond donors (Lipinski definition) is 1. The number of aromatic nitrogens is 1. The first-order valence-electron chi connectivity index (χ1n) is 17.5. The largest absolute Gasteiger partial charge is 0.512 e. The normalized spacial score (nSPS) is 14.4. The van der Waals surface area contributed by atoms with Gasteiger partial charge in [-0.3, -0.25) is 4.79 Å². The van der Waals surface area contributed by atoms with E-state index in [0.29, 0.717) is 11.1 Å². The van der Waals surface area contributed by atoms with Crippen LogP contribution in [0.5, 0.6) is 0 Å². The van der Waals surface area contributed by atoms with Gasteiger partial charge in [-0.15, -0.1) is 34.9 Å². The first kappa shape index (κ1) is 26.7. The number of ketones is 1. The maximum atomic E-state index is 14.1. The first-order chi connectivity index (χ1) is 22.0. The van der Waals surface area contributed by atoms with Crippen LogP contribution in [0.15, 0.2) is 60.5 Å². The molecule has 0 saturated carbocycles. The predicted octanol–water partition coefficient (Wildman–Crippen LogP) is 10.6. The number of pyridine rings is 1. The molecule has 0 aliphatic carbocycles. The topological polar surface area (TPSA) is 50.2 Å². The van der Waals surface area contributed by atoms with Gasteiger partial charge in [-0.05, 0) is 82.6 Å². The standard InChI is InChI=1S/C24H21FN.C13H24O2.Ir/c1-14(2)21-12-17-7-8-26-24(18-10-15(3)9-16(4)11-18)23(17)20-6-5-19(25)13-22(20)21;1-5-10(6-2)12(14)9-13(15)11(7-3)8-4;/h5-10,12-14H,1-4H3;9-11,14H,5-8H2,1-4H3;/q-1;;/b;12-9-;/i3D3,4D3;;. The molecule has 0 unspecified atom stereocenters. The summed E-state index contributed by atoms with van der Waals surface area (Å²) in [6, 6.07) is 13.8. The Bertz CT molecular complexity index is 1710. The molecule has 0 bridgehead atoms. The van der Waals surface area contributed by atoms with Gasteiger partial charge >= 0.3 is 0 Å². The van der Waals surface area contributed by atoms with Gasteiger partial charge < -0.3 is 10.1 Å². The van der Waals surface area contributed by atoms with Crippen LogP contribution in [0.1, 0.15) is 98.1 Å². The van der Waals surface area contributed by atoms with E-state index >= 15 is 0 Å². The van der Waals surface area contributed by atoms with E-state index in [9.17, 15) is 14.3 Å². The molecule has 42 heavy (non-hydrogen) atoms. The van der Waals surface area contributed by atoms with Crippen molar-refractivity contribution in [1.29, 1.82) is 0 Å². The summed E-state index contributed by atoms with van der Waals surface area (Å²) in [5.41, 5.74) is 1.39. The summed E-state index contributed by atoms with van der Waals surface area (Å²) >= 11 is 0.